The van der Waals surface area contributed by atoms with Crippen LogP contribution in [0, 0.1) is 0 Å². The van der Waals surface area contributed by atoms with Crippen LogP contribution >= 0.6 is 0 Å². The molecule has 92 valence electrons. The third kappa shape index (κ3) is 3.22. The maximum absolute atomic E-state index is 11.4. The van der Waals surface area contributed by atoms with Crippen LogP contribution in [0.4, 0.5) is 0 Å². The fourth-order valence-corrected chi connectivity index (χ4v) is 1.93. The average Bonchev–Trinajstić information content (AvgIpc) is 2.36. The van der Waals surface area contributed by atoms with Crippen molar-refractivity contribution in [2.24, 2.45) is 0 Å². The molecule has 0 fully saturated rings. The molecule has 1 aliphatic rings. The zero-order valence-corrected chi connectivity index (χ0v) is 10.2. The summed E-state index contributed by atoms with van der Waals surface area (Å²) in [5, 5.41) is 0. The fourth-order valence-electron chi connectivity index (χ4n) is 1.93. The first-order valence-corrected chi connectivity index (χ1v) is 6.20. The summed E-state index contributed by atoms with van der Waals surface area (Å²) in [6.07, 6.45) is 3.02. The molecule has 0 saturated carbocycles. The Bertz CT molecular complexity index is 398. The predicted molar refractivity (Wildman–Crippen MR) is 65.7 cm³/mol. The number of ether oxygens (including phenoxy) is 2. The topological polar surface area (TPSA) is 35.5 Å². The van der Waals surface area contributed by atoms with Crippen molar-refractivity contribution in [1.29, 1.82) is 0 Å². The Balaban J connectivity index is 1.95. The lowest BCUT2D eigenvalue weighted by Crippen LogP contribution is -2.15. The molecule has 0 aliphatic carbocycles. The molecule has 3 heteroatoms. The molecule has 0 aromatic heterocycles. The van der Waals surface area contributed by atoms with Gasteiger partial charge in [-0.25, -0.2) is 0 Å². The molecule has 17 heavy (non-hydrogen) atoms. The molecule has 0 unspecified atom stereocenters. The Morgan fingerprint density at radius 2 is 1.94 bits per heavy atom. The summed E-state index contributed by atoms with van der Waals surface area (Å²) in [4.78, 5) is 11.4. The minimum atomic E-state index is 0.336. The highest BCUT2D eigenvalue weighted by Crippen LogP contribution is 2.31. The fraction of sp³-hybridized carbons (Fsp3) is 0.500. The zero-order chi connectivity index (χ0) is 12.1. The van der Waals surface area contributed by atoms with Crippen molar-refractivity contribution in [2.45, 2.75) is 32.6 Å². The molecule has 1 aliphatic heterocycles. The van der Waals surface area contributed by atoms with Gasteiger partial charge in [0, 0.05) is 12.8 Å². The number of hydrogen-bond donors (Lipinski definition) is 0. The van der Waals surface area contributed by atoms with Crippen LogP contribution in [0.3, 0.4) is 0 Å². The number of ketones is 1. The van der Waals surface area contributed by atoms with Crippen LogP contribution < -0.4 is 9.47 Å². The van der Waals surface area contributed by atoms with E-state index in [0.29, 0.717) is 31.8 Å². The second kappa shape index (κ2) is 5.71. The summed E-state index contributed by atoms with van der Waals surface area (Å²) in [6, 6.07) is 5.91. The molecule has 0 amide bonds. The molecule has 2 rings (SSSR count). The van der Waals surface area contributed by atoms with Crippen molar-refractivity contribution in [3.8, 4) is 11.5 Å². The molecule has 0 spiro atoms. The monoisotopic (exact) mass is 234 g/mol. The van der Waals surface area contributed by atoms with Crippen LogP contribution in [0.5, 0.6) is 11.5 Å². The van der Waals surface area contributed by atoms with E-state index < -0.39 is 0 Å². The molecule has 0 bridgehead atoms. The standard InChI is InChI=1S/C14H18O3/c1-2-3-12(15)6-4-11-5-7-13-14(10-11)17-9-8-16-13/h5,7,10H,2-4,6,8-9H2,1H3. The Labute approximate surface area is 102 Å². The maximum atomic E-state index is 11.4. The Hall–Kier alpha value is -1.51. The summed E-state index contributed by atoms with van der Waals surface area (Å²) < 4.78 is 11.0. The van der Waals surface area contributed by atoms with E-state index in [-0.39, 0.29) is 0 Å². The number of benzene rings is 1. The Morgan fingerprint density at radius 3 is 2.71 bits per heavy atom. The van der Waals surface area contributed by atoms with E-state index in [9.17, 15) is 4.79 Å². The van der Waals surface area contributed by atoms with E-state index in [4.69, 9.17) is 9.47 Å². The minimum Gasteiger partial charge on any atom is -0.486 e. The number of hydrogen-bond acceptors (Lipinski definition) is 3. The molecule has 1 heterocycles. The normalized spacial score (nSPS) is 13.5. The molecule has 0 saturated heterocycles. The van der Waals surface area contributed by atoms with Gasteiger partial charge >= 0.3 is 0 Å². The van der Waals surface area contributed by atoms with Gasteiger partial charge in [0.25, 0.3) is 0 Å². The van der Waals surface area contributed by atoms with Crippen molar-refractivity contribution < 1.29 is 14.3 Å². The molecule has 3 nitrogen and oxygen atoms in total. The minimum absolute atomic E-state index is 0.336. The number of fused-ring (bicyclic) bond motifs is 1. The maximum Gasteiger partial charge on any atom is 0.161 e. The second-order valence-corrected chi connectivity index (χ2v) is 4.27. The van der Waals surface area contributed by atoms with Crippen LogP contribution in [0.1, 0.15) is 31.7 Å². The molecular weight excluding hydrogens is 216 g/mol. The van der Waals surface area contributed by atoms with Gasteiger partial charge in [0.15, 0.2) is 11.5 Å². The van der Waals surface area contributed by atoms with E-state index in [2.05, 4.69) is 0 Å². The van der Waals surface area contributed by atoms with Gasteiger partial charge < -0.3 is 9.47 Å². The summed E-state index contributed by atoms with van der Waals surface area (Å²) in [5.41, 5.74) is 1.14. The summed E-state index contributed by atoms with van der Waals surface area (Å²) >= 11 is 0. The Kier molecular flexibility index (Phi) is 4.02. The van der Waals surface area contributed by atoms with Gasteiger partial charge in [0.1, 0.15) is 19.0 Å². The highest BCUT2D eigenvalue weighted by molar-refractivity contribution is 5.78. The van der Waals surface area contributed by atoms with Crippen molar-refractivity contribution in [1.82, 2.24) is 0 Å². The Morgan fingerprint density at radius 1 is 1.18 bits per heavy atom. The van der Waals surface area contributed by atoms with Gasteiger partial charge in [-0.15, -0.1) is 0 Å². The molecular formula is C14H18O3. The van der Waals surface area contributed by atoms with Crippen LogP contribution in [0.25, 0.3) is 0 Å². The zero-order valence-electron chi connectivity index (χ0n) is 10.2. The van der Waals surface area contributed by atoms with Crippen molar-refractivity contribution in [3.05, 3.63) is 23.8 Å². The van der Waals surface area contributed by atoms with Gasteiger partial charge in [-0.2, -0.15) is 0 Å². The van der Waals surface area contributed by atoms with Crippen molar-refractivity contribution in [2.75, 3.05) is 13.2 Å². The smallest absolute Gasteiger partial charge is 0.161 e. The number of Topliss-reactive ketones (excluding diaryl/α,β-unsaturated/α-hetero) is 1. The first kappa shape index (κ1) is 12.0. The van der Waals surface area contributed by atoms with Crippen LogP contribution in [-0.2, 0) is 11.2 Å². The number of rotatable bonds is 5. The van der Waals surface area contributed by atoms with Crippen molar-refractivity contribution >= 4 is 5.78 Å². The lowest BCUT2D eigenvalue weighted by molar-refractivity contribution is -0.119. The lowest BCUT2D eigenvalue weighted by Gasteiger charge is -2.18. The third-order valence-corrected chi connectivity index (χ3v) is 2.83. The van der Waals surface area contributed by atoms with Gasteiger partial charge in [-0.3, -0.25) is 4.79 Å². The van der Waals surface area contributed by atoms with Crippen LogP contribution in [0.2, 0.25) is 0 Å². The lowest BCUT2D eigenvalue weighted by atomic mass is 10.0. The SMILES string of the molecule is CCCC(=O)CCc1ccc2c(c1)OCCO2. The van der Waals surface area contributed by atoms with Crippen molar-refractivity contribution in [3.63, 3.8) is 0 Å². The third-order valence-electron chi connectivity index (χ3n) is 2.83. The van der Waals surface area contributed by atoms with Crippen LogP contribution in [0.15, 0.2) is 18.2 Å². The molecule has 0 atom stereocenters. The van der Waals surface area contributed by atoms with Crippen LogP contribution in [-0.4, -0.2) is 19.0 Å². The number of carbonyl (C=O) groups excluding carboxylic acids is 1. The first-order valence-electron chi connectivity index (χ1n) is 6.20. The highest BCUT2D eigenvalue weighted by atomic mass is 16.6. The largest absolute Gasteiger partial charge is 0.486 e. The second-order valence-electron chi connectivity index (χ2n) is 4.27. The molecule has 0 radical (unpaired) electrons. The summed E-state index contributed by atoms with van der Waals surface area (Å²) in [7, 11) is 0. The number of carbonyl (C=O) groups is 1. The summed E-state index contributed by atoms with van der Waals surface area (Å²) in [6.45, 7) is 3.24. The quantitative estimate of drug-likeness (QED) is 0.785. The highest BCUT2D eigenvalue weighted by Gasteiger charge is 2.11. The van der Waals surface area contributed by atoms with E-state index >= 15 is 0 Å². The van der Waals surface area contributed by atoms with E-state index in [0.717, 1.165) is 29.9 Å². The average molecular weight is 234 g/mol. The van der Waals surface area contributed by atoms with Gasteiger partial charge in [0.05, 0.1) is 0 Å². The summed E-state index contributed by atoms with van der Waals surface area (Å²) in [5.74, 6) is 1.94. The first-order chi connectivity index (χ1) is 8.29. The van der Waals surface area contributed by atoms with Gasteiger partial charge in [-0.1, -0.05) is 13.0 Å². The predicted octanol–water partition coefficient (Wildman–Crippen LogP) is 2.76. The van der Waals surface area contributed by atoms with Gasteiger partial charge in [-0.05, 0) is 30.5 Å². The molecule has 0 N–H and O–H groups in total. The van der Waals surface area contributed by atoms with E-state index in [1.807, 2.05) is 25.1 Å². The van der Waals surface area contributed by atoms with Gasteiger partial charge in [0.2, 0.25) is 0 Å². The van der Waals surface area contributed by atoms with E-state index in [1.165, 1.54) is 0 Å². The molecule has 1 aromatic carbocycles. The number of aryl methyl sites for hydroxylation is 1. The van der Waals surface area contributed by atoms with E-state index in [1.54, 1.807) is 0 Å². The molecule has 1 aromatic rings.